The molecule has 0 aliphatic carbocycles. The summed E-state index contributed by atoms with van der Waals surface area (Å²) in [6.07, 6.45) is -1.09. The van der Waals surface area contributed by atoms with Gasteiger partial charge in [0, 0.05) is 37.5 Å². The fourth-order valence-corrected chi connectivity index (χ4v) is 4.97. The number of aryl methyl sites for hydroxylation is 2. The number of carbonyl (C=O) groups is 2. The van der Waals surface area contributed by atoms with E-state index in [0.29, 0.717) is 41.3 Å². The van der Waals surface area contributed by atoms with Crippen molar-refractivity contribution >= 4 is 29.0 Å². The monoisotopic (exact) mass is 501 g/mol. The maximum absolute atomic E-state index is 13.5. The summed E-state index contributed by atoms with van der Waals surface area (Å²) in [7, 11) is 1.48. The van der Waals surface area contributed by atoms with Crippen molar-refractivity contribution in [3.63, 3.8) is 0 Å². The van der Waals surface area contributed by atoms with E-state index in [0.717, 1.165) is 24.4 Å². The normalized spacial score (nSPS) is 20.9. The Morgan fingerprint density at radius 3 is 2.75 bits per heavy atom. The lowest BCUT2D eigenvalue weighted by molar-refractivity contribution is -0.137. The van der Waals surface area contributed by atoms with Crippen LogP contribution in [0.1, 0.15) is 40.4 Å². The first-order valence-corrected chi connectivity index (χ1v) is 11.7. The lowest BCUT2D eigenvalue weighted by Gasteiger charge is -2.36. The van der Waals surface area contributed by atoms with E-state index in [1.54, 1.807) is 26.1 Å². The van der Waals surface area contributed by atoms with Gasteiger partial charge in [0.1, 0.15) is 17.7 Å². The van der Waals surface area contributed by atoms with E-state index in [4.69, 9.17) is 4.74 Å². The molecule has 36 heavy (non-hydrogen) atoms. The molecule has 1 saturated heterocycles. The Bertz CT molecular complexity index is 1270. The van der Waals surface area contributed by atoms with Crippen molar-refractivity contribution in [1.29, 1.82) is 0 Å². The van der Waals surface area contributed by atoms with Crippen molar-refractivity contribution in [2.45, 2.75) is 39.0 Å². The third kappa shape index (κ3) is 3.97. The molecule has 1 fully saturated rings. The number of pyridine rings is 1. The molecule has 5 rings (SSSR count). The zero-order valence-corrected chi connectivity index (χ0v) is 20.1. The Morgan fingerprint density at radius 2 is 2.08 bits per heavy atom. The summed E-state index contributed by atoms with van der Waals surface area (Å²) in [6.45, 7) is 4.76. The summed E-state index contributed by atoms with van der Waals surface area (Å²) in [5.74, 6) is -0.367. The predicted octanol–water partition coefficient (Wildman–Crippen LogP) is 3.81. The topological polar surface area (TPSA) is 86.8 Å². The van der Waals surface area contributed by atoms with Gasteiger partial charge in [-0.3, -0.25) is 14.5 Å². The Balaban J connectivity index is 1.49. The average Bonchev–Trinajstić information content (AvgIpc) is 3.53. The number of benzene rings is 1. The number of fused-ring (bicyclic) bond motifs is 3. The van der Waals surface area contributed by atoms with Gasteiger partial charge >= 0.3 is 6.18 Å². The van der Waals surface area contributed by atoms with Crippen LogP contribution >= 0.6 is 0 Å². The number of alkyl halides is 3. The summed E-state index contributed by atoms with van der Waals surface area (Å²) >= 11 is 0. The van der Waals surface area contributed by atoms with E-state index < -0.39 is 17.6 Å². The minimum atomic E-state index is -4.52. The van der Waals surface area contributed by atoms with Gasteiger partial charge in [-0.2, -0.15) is 13.2 Å². The molecule has 0 radical (unpaired) electrons. The Hall–Kier alpha value is -3.60. The quantitative estimate of drug-likeness (QED) is 0.663. The molecule has 1 aromatic heterocycles. The summed E-state index contributed by atoms with van der Waals surface area (Å²) in [6, 6.07) is 4.49. The molecule has 1 aromatic carbocycles. The van der Waals surface area contributed by atoms with Crippen LogP contribution in [0.3, 0.4) is 0 Å². The van der Waals surface area contributed by atoms with Crippen molar-refractivity contribution in [1.82, 2.24) is 10.3 Å². The van der Waals surface area contributed by atoms with Crippen molar-refractivity contribution in [3.8, 4) is 0 Å². The summed E-state index contributed by atoms with van der Waals surface area (Å²) in [5.41, 5.74) is 2.19. The van der Waals surface area contributed by atoms with E-state index in [2.05, 4.69) is 15.6 Å². The van der Waals surface area contributed by atoms with Crippen LogP contribution in [0, 0.1) is 12.8 Å². The Labute approximate surface area is 206 Å². The van der Waals surface area contributed by atoms with Crippen molar-refractivity contribution in [2.75, 3.05) is 35.4 Å². The average molecular weight is 502 g/mol. The number of rotatable bonds is 4. The second-order valence-electron chi connectivity index (χ2n) is 9.20. The molecule has 8 nitrogen and oxygen atoms in total. The van der Waals surface area contributed by atoms with Gasteiger partial charge in [0.15, 0.2) is 0 Å². The highest BCUT2D eigenvalue weighted by atomic mass is 19.4. The van der Waals surface area contributed by atoms with Crippen LogP contribution in [0.5, 0.6) is 0 Å². The number of amides is 2. The molecular weight excluding hydrogens is 475 g/mol. The molecule has 2 N–H and O–H groups in total. The molecule has 2 unspecified atom stereocenters. The highest BCUT2D eigenvalue weighted by molar-refractivity contribution is 6.14. The van der Waals surface area contributed by atoms with Crippen LogP contribution in [0.2, 0.25) is 0 Å². The number of ether oxygens (including phenoxy) is 1. The first-order valence-electron chi connectivity index (χ1n) is 11.7. The third-order valence-corrected chi connectivity index (χ3v) is 6.93. The fraction of sp³-hybridized carbons (Fsp3) is 0.400. The first kappa shape index (κ1) is 24.1. The molecule has 2 amide bonds. The van der Waals surface area contributed by atoms with Gasteiger partial charge < -0.3 is 20.3 Å². The van der Waals surface area contributed by atoms with Crippen LogP contribution < -0.4 is 20.4 Å². The second kappa shape index (κ2) is 8.81. The molecule has 2 atom stereocenters. The van der Waals surface area contributed by atoms with Gasteiger partial charge in [0.05, 0.1) is 23.5 Å². The number of hydrogen-bond donors (Lipinski definition) is 2. The molecule has 3 aliphatic rings. The minimum Gasteiger partial charge on any atom is -0.381 e. The van der Waals surface area contributed by atoms with Crippen molar-refractivity contribution in [3.05, 3.63) is 58.5 Å². The number of nitrogens with zero attached hydrogens (tertiary/aromatic N) is 3. The molecule has 2 aromatic rings. The molecule has 11 heteroatoms. The predicted molar refractivity (Wildman–Crippen MR) is 128 cm³/mol. The van der Waals surface area contributed by atoms with Gasteiger partial charge in [0.2, 0.25) is 0 Å². The van der Waals surface area contributed by atoms with Crippen molar-refractivity contribution in [2.24, 2.45) is 5.92 Å². The van der Waals surface area contributed by atoms with E-state index >= 15 is 0 Å². The van der Waals surface area contributed by atoms with Crippen LogP contribution in [0.15, 0.2) is 36.3 Å². The van der Waals surface area contributed by atoms with Gasteiger partial charge in [-0.25, -0.2) is 4.98 Å². The van der Waals surface area contributed by atoms with E-state index in [-0.39, 0.29) is 30.2 Å². The number of hydrogen-bond acceptors (Lipinski definition) is 6. The fourth-order valence-electron chi connectivity index (χ4n) is 4.97. The molecule has 4 heterocycles. The van der Waals surface area contributed by atoms with Crippen LogP contribution in [0.25, 0.3) is 0 Å². The zero-order chi connectivity index (χ0) is 25.8. The second-order valence-corrected chi connectivity index (χ2v) is 9.20. The molecular formula is C25H26F3N5O3. The summed E-state index contributed by atoms with van der Waals surface area (Å²) in [4.78, 5) is 33.5. The highest BCUT2D eigenvalue weighted by Gasteiger charge is 2.42. The highest BCUT2D eigenvalue weighted by Crippen LogP contribution is 2.41. The smallest absolute Gasteiger partial charge is 0.381 e. The maximum atomic E-state index is 13.5. The number of aromatic nitrogens is 1. The summed E-state index contributed by atoms with van der Waals surface area (Å²) in [5, 5.41) is 6.15. The molecule has 0 spiro atoms. The lowest BCUT2D eigenvalue weighted by Crippen LogP contribution is -2.47. The van der Waals surface area contributed by atoms with Gasteiger partial charge in [-0.15, -0.1) is 0 Å². The van der Waals surface area contributed by atoms with Crippen LogP contribution in [-0.2, 0) is 22.1 Å². The van der Waals surface area contributed by atoms with Gasteiger partial charge in [0.25, 0.3) is 11.8 Å². The van der Waals surface area contributed by atoms with E-state index in [9.17, 15) is 22.8 Å². The Morgan fingerprint density at radius 1 is 1.31 bits per heavy atom. The van der Waals surface area contributed by atoms with Gasteiger partial charge in [-0.05, 0) is 49.1 Å². The maximum Gasteiger partial charge on any atom is 0.417 e. The third-order valence-electron chi connectivity index (χ3n) is 6.93. The standard InChI is InChI=1S/C25H26F3N5O3/c1-4-14-8-16(25(26,27)28)10-29-21(14)32(3)24(35)17-9-18-19(7-13(17)2)33-20(23(34)31-18)11-30-22(33)15-5-6-36-12-15/h7-11,15,22,30H,4-6,12H2,1-3H3,(H,31,34). The summed E-state index contributed by atoms with van der Waals surface area (Å²) < 4.78 is 45.0. The largest absolute Gasteiger partial charge is 0.417 e. The molecule has 0 saturated carbocycles. The van der Waals surface area contributed by atoms with Gasteiger partial charge in [-0.1, -0.05) is 6.92 Å². The number of carbonyl (C=O) groups excluding carboxylic acids is 2. The number of halogens is 3. The lowest BCUT2D eigenvalue weighted by atomic mass is 9.99. The van der Waals surface area contributed by atoms with E-state index in [1.807, 2.05) is 11.0 Å². The molecule has 0 bridgehead atoms. The SMILES string of the molecule is CCc1cc(C(F)(F)F)cnc1N(C)C(=O)c1cc2c(cc1C)N1C(=CNC1C1CCOC1)C(=O)N2. The van der Waals surface area contributed by atoms with Crippen LogP contribution in [-0.4, -0.2) is 43.2 Å². The first-order chi connectivity index (χ1) is 17.1. The molecule has 190 valence electrons. The number of anilines is 3. The van der Waals surface area contributed by atoms with Crippen molar-refractivity contribution < 1.29 is 27.5 Å². The van der Waals surface area contributed by atoms with E-state index in [1.165, 1.54) is 11.9 Å². The Kier molecular flexibility index (Phi) is 5.90. The van der Waals surface area contributed by atoms with Crippen LogP contribution in [0.4, 0.5) is 30.4 Å². The minimum absolute atomic E-state index is 0.139. The zero-order valence-electron chi connectivity index (χ0n) is 20.1. The molecule has 3 aliphatic heterocycles. The number of nitrogens with one attached hydrogen (secondary N) is 2.